The molecule has 3 saturated heterocycles. The van der Waals surface area contributed by atoms with Crippen LogP contribution in [-0.4, -0.2) is 67.6 Å². The van der Waals surface area contributed by atoms with Crippen LogP contribution < -0.4 is 11.1 Å². The Labute approximate surface area is 195 Å². The third-order valence-corrected chi connectivity index (χ3v) is 5.68. The summed E-state index contributed by atoms with van der Waals surface area (Å²) in [7, 11) is 0. The predicted molar refractivity (Wildman–Crippen MR) is 121 cm³/mol. The molecule has 1 spiro atoms. The maximum Gasteiger partial charge on any atom is 0.405 e. The first kappa shape index (κ1) is 25.4. The fourth-order valence-corrected chi connectivity index (χ4v) is 4.20. The number of allylic oxidation sites excluding steroid dienone is 2. The summed E-state index contributed by atoms with van der Waals surface area (Å²) in [6, 6.07) is -0.250. The number of carbonyl (C=O) groups excluding carboxylic acids is 2. The van der Waals surface area contributed by atoms with Crippen LogP contribution >= 0.6 is 0 Å². The molecule has 0 unspecified atom stereocenters. The Morgan fingerprint density at radius 2 is 1.94 bits per heavy atom. The SMILES string of the molecule is CC(/C=C/[C@@H]1C[C@]2(CO2)CC(C)(C)O1)=C\CC1OCC(NC(=O)/C=C\[C@H](C)OC(N)=O)CO1. The van der Waals surface area contributed by atoms with Crippen molar-refractivity contribution in [3.63, 3.8) is 0 Å². The van der Waals surface area contributed by atoms with E-state index in [0.29, 0.717) is 19.6 Å². The highest BCUT2D eigenvalue weighted by molar-refractivity contribution is 5.87. The van der Waals surface area contributed by atoms with Gasteiger partial charge in [0.15, 0.2) is 6.29 Å². The van der Waals surface area contributed by atoms with Gasteiger partial charge >= 0.3 is 6.09 Å². The van der Waals surface area contributed by atoms with Gasteiger partial charge in [-0.2, -0.15) is 0 Å². The first-order valence-electron chi connectivity index (χ1n) is 11.4. The van der Waals surface area contributed by atoms with E-state index in [1.54, 1.807) is 6.92 Å². The quantitative estimate of drug-likeness (QED) is 0.321. The summed E-state index contributed by atoms with van der Waals surface area (Å²) in [5, 5.41) is 2.79. The van der Waals surface area contributed by atoms with Crippen molar-refractivity contribution in [3.8, 4) is 0 Å². The number of amides is 2. The van der Waals surface area contributed by atoms with E-state index in [-0.39, 0.29) is 35.5 Å². The summed E-state index contributed by atoms with van der Waals surface area (Å²) in [5.74, 6) is -0.321. The van der Waals surface area contributed by atoms with Crippen molar-refractivity contribution in [1.82, 2.24) is 5.32 Å². The molecule has 0 aromatic carbocycles. The molecule has 0 radical (unpaired) electrons. The van der Waals surface area contributed by atoms with Crippen LogP contribution in [0.1, 0.15) is 47.0 Å². The van der Waals surface area contributed by atoms with Gasteiger partial charge in [0.2, 0.25) is 5.91 Å². The number of hydrogen-bond donors (Lipinski definition) is 2. The number of epoxide rings is 1. The van der Waals surface area contributed by atoms with Gasteiger partial charge in [0, 0.05) is 25.3 Å². The Morgan fingerprint density at radius 3 is 2.58 bits per heavy atom. The maximum absolute atomic E-state index is 12.0. The van der Waals surface area contributed by atoms with Crippen molar-refractivity contribution in [2.24, 2.45) is 5.73 Å². The fourth-order valence-electron chi connectivity index (χ4n) is 4.20. The van der Waals surface area contributed by atoms with E-state index in [2.05, 4.69) is 37.4 Å². The average molecular weight is 465 g/mol. The van der Waals surface area contributed by atoms with Crippen molar-refractivity contribution >= 4 is 12.0 Å². The van der Waals surface area contributed by atoms with Crippen LogP contribution in [0.5, 0.6) is 0 Å². The lowest BCUT2D eigenvalue weighted by Crippen LogP contribution is -2.46. The molecule has 0 aromatic rings. The topological polar surface area (TPSA) is 122 Å². The maximum atomic E-state index is 12.0. The first-order chi connectivity index (χ1) is 15.5. The number of carbonyl (C=O) groups is 2. The van der Waals surface area contributed by atoms with Crippen LogP contribution in [-0.2, 0) is 28.5 Å². The van der Waals surface area contributed by atoms with Gasteiger partial charge in [-0.3, -0.25) is 4.79 Å². The number of nitrogens with one attached hydrogen (secondary N) is 1. The predicted octanol–water partition coefficient (Wildman–Crippen LogP) is 2.50. The highest BCUT2D eigenvalue weighted by atomic mass is 16.7. The Hall–Kier alpha value is -2.20. The molecule has 184 valence electrons. The van der Waals surface area contributed by atoms with Crippen molar-refractivity contribution < 1.29 is 33.3 Å². The minimum atomic E-state index is -0.889. The lowest BCUT2D eigenvalue weighted by Gasteiger charge is -2.38. The third-order valence-electron chi connectivity index (χ3n) is 5.68. The summed E-state index contributed by atoms with van der Waals surface area (Å²) in [5.41, 5.74) is 5.87. The van der Waals surface area contributed by atoms with Gasteiger partial charge in [-0.05, 0) is 33.8 Å². The van der Waals surface area contributed by atoms with Crippen molar-refractivity contribution in [1.29, 1.82) is 0 Å². The van der Waals surface area contributed by atoms with E-state index in [9.17, 15) is 9.59 Å². The van der Waals surface area contributed by atoms with Crippen LogP contribution in [0.25, 0.3) is 0 Å². The molecule has 33 heavy (non-hydrogen) atoms. The van der Waals surface area contributed by atoms with E-state index in [0.717, 1.165) is 25.0 Å². The Morgan fingerprint density at radius 1 is 1.24 bits per heavy atom. The molecule has 0 saturated carbocycles. The summed E-state index contributed by atoms with van der Waals surface area (Å²) >= 11 is 0. The lowest BCUT2D eigenvalue weighted by atomic mass is 9.85. The van der Waals surface area contributed by atoms with Crippen LogP contribution in [0.4, 0.5) is 4.79 Å². The zero-order chi connectivity index (χ0) is 24.1. The Bertz CT molecular complexity index is 787. The highest BCUT2D eigenvalue weighted by Gasteiger charge is 2.53. The molecule has 0 aromatic heterocycles. The molecule has 3 atom stereocenters. The van der Waals surface area contributed by atoms with Crippen molar-refractivity contribution in [3.05, 3.63) is 36.0 Å². The van der Waals surface area contributed by atoms with Crippen molar-refractivity contribution in [2.45, 2.75) is 82.7 Å². The average Bonchev–Trinajstić information content (AvgIpc) is 3.46. The molecule has 0 aliphatic carbocycles. The van der Waals surface area contributed by atoms with E-state index >= 15 is 0 Å². The molecule has 3 aliphatic heterocycles. The van der Waals surface area contributed by atoms with Gasteiger partial charge in [-0.25, -0.2) is 4.79 Å². The van der Waals surface area contributed by atoms with E-state index in [1.807, 2.05) is 6.92 Å². The zero-order valence-electron chi connectivity index (χ0n) is 19.9. The van der Waals surface area contributed by atoms with E-state index in [1.165, 1.54) is 12.2 Å². The molecule has 2 amide bonds. The number of nitrogens with two attached hydrogens (primary N) is 1. The van der Waals surface area contributed by atoms with Crippen LogP contribution in [0.3, 0.4) is 0 Å². The number of primary amides is 1. The number of rotatable bonds is 8. The smallest absolute Gasteiger partial charge is 0.405 e. The second-order valence-corrected chi connectivity index (χ2v) is 9.61. The zero-order valence-corrected chi connectivity index (χ0v) is 19.9. The first-order valence-corrected chi connectivity index (χ1v) is 11.4. The minimum Gasteiger partial charge on any atom is -0.442 e. The molecular formula is C24H36N2O7. The number of hydrogen-bond acceptors (Lipinski definition) is 7. The van der Waals surface area contributed by atoms with Gasteiger partial charge in [0.1, 0.15) is 6.10 Å². The van der Waals surface area contributed by atoms with Crippen molar-refractivity contribution in [2.75, 3.05) is 19.8 Å². The monoisotopic (exact) mass is 464 g/mol. The molecule has 9 nitrogen and oxygen atoms in total. The molecular weight excluding hydrogens is 428 g/mol. The van der Waals surface area contributed by atoms with Crippen LogP contribution in [0.15, 0.2) is 36.0 Å². The van der Waals surface area contributed by atoms with Gasteiger partial charge < -0.3 is 34.7 Å². The molecule has 3 aliphatic rings. The molecule has 3 N–H and O–H groups in total. The minimum absolute atomic E-state index is 0.00937. The Kier molecular flexibility index (Phi) is 8.33. The fraction of sp³-hybridized carbons (Fsp3) is 0.667. The molecule has 9 heteroatoms. The molecule has 3 heterocycles. The molecule has 0 bridgehead atoms. The lowest BCUT2D eigenvalue weighted by molar-refractivity contribution is -0.187. The standard InChI is InChI=1S/C24H36N2O7/c1-16(5-8-19-11-24(15-31-24)14-23(3,4)33-19)6-10-21-29-12-18(13-30-21)26-20(27)9-7-17(2)32-22(25)28/h5-9,17-19,21H,10-15H2,1-4H3,(H2,25,28)(H,26,27)/b8-5+,9-7-,16-6+/t17-,18?,19+,21?,24+/m0/s1. The summed E-state index contributed by atoms with van der Waals surface area (Å²) in [6.45, 7) is 9.41. The highest BCUT2D eigenvalue weighted by Crippen LogP contribution is 2.46. The second-order valence-electron chi connectivity index (χ2n) is 9.61. The second kappa shape index (κ2) is 10.8. The summed E-state index contributed by atoms with van der Waals surface area (Å²) < 4.78 is 28.0. The largest absolute Gasteiger partial charge is 0.442 e. The normalized spacial score (nSPS) is 32.7. The van der Waals surface area contributed by atoms with E-state index < -0.39 is 12.2 Å². The van der Waals surface area contributed by atoms with Crippen LogP contribution in [0, 0.1) is 0 Å². The van der Waals surface area contributed by atoms with Gasteiger partial charge in [0.25, 0.3) is 0 Å². The van der Waals surface area contributed by atoms with Gasteiger partial charge in [-0.1, -0.05) is 23.8 Å². The van der Waals surface area contributed by atoms with Gasteiger partial charge in [0.05, 0.1) is 43.2 Å². The Balaban J connectivity index is 1.36. The number of ether oxygens (including phenoxy) is 5. The van der Waals surface area contributed by atoms with E-state index in [4.69, 9.17) is 29.4 Å². The molecule has 3 rings (SSSR count). The van der Waals surface area contributed by atoms with Crippen LogP contribution in [0.2, 0.25) is 0 Å². The summed E-state index contributed by atoms with van der Waals surface area (Å²) in [4.78, 5) is 22.6. The molecule has 3 fully saturated rings. The third kappa shape index (κ3) is 8.58. The van der Waals surface area contributed by atoms with Gasteiger partial charge in [-0.15, -0.1) is 0 Å². The summed E-state index contributed by atoms with van der Waals surface area (Å²) in [6.07, 6.45) is 9.67.